The number of hydrogen-bond donors (Lipinski definition) is 3. The summed E-state index contributed by atoms with van der Waals surface area (Å²) in [5, 5.41) is 8.33. The molecule has 0 saturated carbocycles. The molecule has 0 unspecified atom stereocenters. The minimum absolute atomic E-state index is 0.0800. The molecule has 0 spiro atoms. The molecule has 0 aliphatic rings. The molecule has 7 nitrogen and oxygen atoms in total. The van der Waals surface area contributed by atoms with E-state index in [0.29, 0.717) is 29.4 Å². The van der Waals surface area contributed by atoms with Crippen LogP contribution in [0.15, 0.2) is 42.5 Å². The first-order chi connectivity index (χ1) is 12.9. The third-order valence-corrected chi connectivity index (χ3v) is 3.78. The molecule has 3 amide bonds. The molecule has 0 atom stereocenters. The molecule has 2 rings (SSSR count). The zero-order valence-electron chi connectivity index (χ0n) is 16.0. The number of carbonyl (C=O) groups is 2. The van der Waals surface area contributed by atoms with Crippen molar-refractivity contribution in [3.8, 4) is 11.5 Å². The molecule has 2 aromatic carbocycles. The summed E-state index contributed by atoms with van der Waals surface area (Å²) >= 11 is 0. The smallest absolute Gasteiger partial charge is 0.319 e. The Balaban J connectivity index is 1.95. The standard InChI is InChI=1S/C20H25N3O4/c1-13(2)19(24)22-15-6-5-7-16(10-15)23-20(25)21-12-14-8-17(26-3)11-18(9-14)27-4/h5-11,13H,12H2,1-4H3,(H,22,24)(H2,21,23,25). The van der Waals surface area contributed by atoms with Gasteiger partial charge < -0.3 is 25.4 Å². The van der Waals surface area contributed by atoms with Gasteiger partial charge in [-0.25, -0.2) is 4.79 Å². The number of ether oxygens (including phenoxy) is 2. The summed E-state index contributed by atoms with van der Waals surface area (Å²) in [6.07, 6.45) is 0. The first kappa shape index (κ1) is 20.1. The summed E-state index contributed by atoms with van der Waals surface area (Å²) < 4.78 is 10.4. The van der Waals surface area contributed by atoms with E-state index in [1.807, 2.05) is 26.0 Å². The molecule has 0 aliphatic heterocycles. The van der Waals surface area contributed by atoms with E-state index in [1.54, 1.807) is 44.6 Å². The van der Waals surface area contributed by atoms with Gasteiger partial charge in [-0.3, -0.25) is 4.79 Å². The normalized spacial score (nSPS) is 10.3. The van der Waals surface area contributed by atoms with Gasteiger partial charge >= 0.3 is 6.03 Å². The van der Waals surface area contributed by atoms with E-state index in [9.17, 15) is 9.59 Å². The van der Waals surface area contributed by atoms with Gasteiger partial charge in [-0.15, -0.1) is 0 Å². The Labute approximate surface area is 159 Å². The van der Waals surface area contributed by atoms with Gasteiger partial charge in [0.2, 0.25) is 5.91 Å². The van der Waals surface area contributed by atoms with Gasteiger partial charge in [0.05, 0.1) is 14.2 Å². The van der Waals surface area contributed by atoms with Crippen LogP contribution < -0.4 is 25.4 Å². The first-order valence-electron chi connectivity index (χ1n) is 8.59. The van der Waals surface area contributed by atoms with Gasteiger partial charge in [-0.05, 0) is 35.9 Å². The quantitative estimate of drug-likeness (QED) is 0.693. The second-order valence-electron chi connectivity index (χ2n) is 6.25. The predicted molar refractivity (Wildman–Crippen MR) is 105 cm³/mol. The van der Waals surface area contributed by atoms with Crippen molar-refractivity contribution >= 4 is 23.3 Å². The Bertz CT molecular complexity index is 783. The maximum absolute atomic E-state index is 12.2. The largest absolute Gasteiger partial charge is 0.497 e. The zero-order chi connectivity index (χ0) is 19.8. The van der Waals surface area contributed by atoms with Gasteiger partial charge in [-0.1, -0.05) is 19.9 Å². The third-order valence-electron chi connectivity index (χ3n) is 3.78. The number of nitrogens with one attached hydrogen (secondary N) is 3. The molecule has 0 aromatic heterocycles. The van der Waals surface area contributed by atoms with Crippen molar-refractivity contribution in [1.82, 2.24) is 5.32 Å². The number of anilines is 2. The third kappa shape index (κ3) is 6.22. The first-order valence-corrected chi connectivity index (χ1v) is 8.59. The van der Waals surface area contributed by atoms with Crippen molar-refractivity contribution in [3.63, 3.8) is 0 Å². The molecule has 0 fully saturated rings. The average Bonchev–Trinajstić information content (AvgIpc) is 2.66. The van der Waals surface area contributed by atoms with Crippen LogP contribution in [0.3, 0.4) is 0 Å². The van der Waals surface area contributed by atoms with Crippen molar-refractivity contribution < 1.29 is 19.1 Å². The van der Waals surface area contributed by atoms with Gasteiger partial charge in [0.25, 0.3) is 0 Å². The topological polar surface area (TPSA) is 88.7 Å². The number of carbonyl (C=O) groups excluding carboxylic acids is 2. The molecule has 0 aliphatic carbocycles. The highest BCUT2D eigenvalue weighted by atomic mass is 16.5. The molecule has 7 heteroatoms. The number of urea groups is 1. The second-order valence-corrected chi connectivity index (χ2v) is 6.25. The minimum Gasteiger partial charge on any atom is -0.497 e. The molecule has 3 N–H and O–H groups in total. The number of amides is 3. The molecule has 0 saturated heterocycles. The van der Waals surface area contributed by atoms with Crippen LogP contribution in [0.25, 0.3) is 0 Å². The number of hydrogen-bond acceptors (Lipinski definition) is 4. The number of rotatable bonds is 7. The number of methoxy groups -OCH3 is 2. The Morgan fingerprint density at radius 1 is 0.926 bits per heavy atom. The van der Waals surface area contributed by atoms with E-state index in [-0.39, 0.29) is 17.9 Å². The van der Waals surface area contributed by atoms with Crippen LogP contribution in [-0.2, 0) is 11.3 Å². The summed E-state index contributed by atoms with van der Waals surface area (Å²) in [6, 6.07) is 12.0. The molecule has 0 radical (unpaired) electrons. The van der Waals surface area contributed by atoms with Gasteiger partial charge in [0.15, 0.2) is 0 Å². The highest BCUT2D eigenvalue weighted by molar-refractivity contribution is 5.94. The lowest BCUT2D eigenvalue weighted by atomic mass is 10.2. The maximum Gasteiger partial charge on any atom is 0.319 e. The second kappa shape index (κ2) is 9.47. The van der Waals surface area contributed by atoms with Crippen LogP contribution in [0.2, 0.25) is 0 Å². The van der Waals surface area contributed by atoms with E-state index < -0.39 is 0 Å². The monoisotopic (exact) mass is 371 g/mol. The summed E-state index contributed by atoms with van der Waals surface area (Å²) in [6.45, 7) is 3.94. The summed E-state index contributed by atoms with van der Waals surface area (Å²) in [4.78, 5) is 23.9. The fourth-order valence-electron chi connectivity index (χ4n) is 2.29. The molecule has 0 heterocycles. The molecular weight excluding hydrogens is 346 g/mol. The lowest BCUT2D eigenvalue weighted by molar-refractivity contribution is -0.118. The van der Waals surface area contributed by atoms with Crippen LogP contribution in [0.1, 0.15) is 19.4 Å². The molecule has 27 heavy (non-hydrogen) atoms. The highest BCUT2D eigenvalue weighted by Gasteiger charge is 2.09. The van der Waals surface area contributed by atoms with E-state index >= 15 is 0 Å². The van der Waals surface area contributed by atoms with Crippen molar-refractivity contribution in [2.75, 3.05) is 24.9 Å². The van der Waals surface area contributed by atoms with Crippen molar-refractivity contribution in [1.29, 1.82) is 0 Å². The lowest BCUT2D eigenvalue weighted by Crippen LogP contribution is -2.28. The summed E-state index contributed by atoms with van der Waals surface area (Å²) in [5.74, 6) is 1.11. The van der Waals surface area contributed by atoms with Gasteiger partial charge in [0, 0.05) is 29.9 Å². The minimum atomic E-state index is -0.357. The average molecular weight is 371 g/mol. The lowest BCUT2D eigenvalue weighted by Gasteiger charge is -2.12. The fourth-order valence-corrected chi connectivity index (χ4v) is 2.29. The predicted octanol–water partition coefficient (Wildman–Crippen LogP) is 3.62. The van der Waals surface area contributed by atoms with Crippen molar-refractivity contribution in [3.05, 3.63) is 48.0 Å². The van der Waals surface area contributed by atoms with Crippen LogP contribution in [-0.4, -0.2) is 26.2 Å². The number of benzene rings is 2. The summed E-state index contributed by atoms with van der Waals surface area (Å²) in [5.41, 5.74) is 2.06. The fraction of sp³-hybridized carbons (Fsp3) is 0.300. The molecule has 144 valence electrons. The van der Waals surface area contributed by atoms with E-state index in [4.69, 9.17) is 9.47 Å². The van der Waals surface area contributed by atoms with Crippen LogP contribution in [0, 0.1) is 5.92 Å². The zero-order valence-corrected chi connectivity index (χ0v) is 16.0. The van der Waals surface area contributed by atoms with Crippen molar-refractivity contribution in [2.45, 2.75) is 20.4 Å². The summed E-state index contributed by atoms with van der Waals surface area (Å²) in [7, 11) is 3.15. The van der Waals surface area contributed by atoms with Crippen LogP contribution >= 0.6 is 0 Å². The molecule has 2 aromatic rings. The maximum atomic E-state index is 12.2. The van der Waals surface area contributed by atoms with Crippen LogP contribution in [0.5, 0.6) is 11.5 Å². The van der Waals surface area contributed by atoms with Crippen molar-refractivity contribution in [2.24, 2.45) is 5.92 Å². The SMILES string of the molecule is COc1cc(CNC(=O)Nc2cccc(NC(=O)C(C)C)c2)cc(OC)c1. The molecular formula is C20H25N3O4. The van der Waals surface area contributed by atoms with Gasteiger partial charge in [-0.2, -0.15) is 0 Å². The van der Waals surface area contributed by atoms with Crippen LogP contribution in [0.4, 0.5) is 16.2 Å². The van der Waals surface area contributed by atoms with E-state index in [2.05, 4.69) is 16.0 Å². The Morgan fingerprint density at radius 2 is 1.52 bits per heavy atom. The van der Waals surface area contributed by atoms with Gasteiger partial charge in [0.1, 0.15) is 11.5 Å². The molecule has 0 bridgehead atoms. The van der Waals surface area contributed by atoms with E-state index in [1.165, 1.54) is 0 Å². The van der Waals surface area contributed by atoms with E-state index in [0.717, 1.165) is 5.56 Å². The Kier molecular flexibility index (Phi) is 7.05. The highest BCUT2D eigenvalue weighted by Crippen LogP contribution is 2.22. The Morgan fingerprint density at radius 3 is 2.07 bits per heavy atom. The Hall–Kier alpha value is -3.22.